The molecule has 3 heterocycles. The molecule has 1 atom stereocenters. The summed E-state index contributed by atoms with van der Waals surface area (Å²) in [5.74, 6) is 0.972. The summed E-state index contributed by atoms with van der Waals surface area (Å²) in [6, 6.07) is 5.98. The lowest BCUT2D eigenvalue weighted by Crippen LogP contribution is -2.30. The molecular weight excluding hydrogens is 316 g/mol. The number of hydrogen-bond donors (Lipinski definition) is 0. The summed E-state index contributed by atoms with van der Waals surface area (Å²) in [5.41, 5.74) is 3.04. The molecule has 1 fully saturated rings. The molecule has 1 aliphatic rings. The summed E-state index contributed by atoms with van der Waals surface area (Å²) >= 11 is 0. The van der Waals surface area contributed by atoms with Crippen molar-refractivity contribution in [2.45, 2.75) is 45.1 Å². The highest BCUT2D eigenvalue weighted by molar-refractivity contribution is 5.77. The molecule has 0 spiro atoms. The Morgan fingerprint density at radius 1 is 1.40 bits per heavy atom. The number of nitrogens with zero attached hydrogens (tertiary/aromatic N) is 4. The van der Waals surface area contributed by atoms with Gasteiger partial charge in [-0.1, -0.05) is 6.07 Å². The lowest BCUT2D eigenvalue weighted by Gasteiger charge is -2.25. The molecule has 6 heteroatoms. The van der Waals surface area contributed by atoms with Gasteiger partial charge in [0.05, 0.1) is 24.4 Å². The molecule has 2 aromatic rings. The van der Waals surface area contributed by atoms with Crippen LogP contribution < -0.4 is 4.74 Å². The molecule has 0 radical (unpaired) electrons. The number of rotatable bonds is 6. The van der Waals surface area contributed by atoms with Crippen molar-refractivity contribution in [2.24, 2.45) is 7.05 Å². The molecule has 2 aromatic heterocycles. The Morgan fingerprint density at radius 2 is 2.24 bits per heavy atom. The maximum absolute atomic E-state index is 12.8. The predicted molar refractivity (Wildman–Crippen MR) is 95.4 cm³/mol. The van der Waals surface area contributed by atoms with Crippen LogP contribution in [0.1, 0.15) is 48.7 Å². The number of aromatic nitrogens is 3. The van der Waals surface area contributed by atoms with Gasteiger partial charge >= 0.3 is 0 Å². The van der Waals surface area contributed by atoms with Crippen molar-refractivity contribution < 1.29 is 9.53 Å². The maximum Gasteiger partial charge on any atom is 0.223 e. The van der Waals surface area contributed by atoms with E-state index in [9.17, 15) is 4.79 Å². The molecule has 0 saturated carbocycles. The molecule has 134 valence electrons. The topological polar surface area (TPSA) is 60.2 Å². The minimum Gasteiger partial charge on any atom is -0.481 e. The van der Waals surface area contributed by atoms with E-state index in [0.717, 1.165) is 55.1 Å². The number of carbonyl (C=O) groups excluding carboxylic acids is 1. The van der Waals surface area contributed by atoms with E-state index in [1.807, 2.05) is 37.1 Å². The number of aryl methyl sites for hydroxylation is 3. The molecule has 0 aliphatic carbocycles. The molecule has 25 heavy (non-hydrogen) atoms. The number of ether oxygens (including phenoxy) is 1. The van der Waals surface area contributed by atoms with E-state index in [1.54, 1.807) is 18.0 Å². The van der Waals surface area contributed by atoms with Crippen LogP contribution in [0.15, 0.2) is 24.4 Å². The van der Waals surface area contributed by atoms with E-state index < -0.39 is 0 Å². The van der Waals surface area contributed by atoms with Crippen LogP contribution in [0.2, 0.25) is 0 Å². The van der Waals surface area contributed by atoms with Crippen molar-refractivity contribution >= 4 is 5.91 Å². The van der Waals surface area contributed by atoms with Crippen molar-refractivity contribution in [2.75, 3.05) is 13.7 Å². The third kappa shape index (κ3) is 3.67. The Kier molecular flexibility index (Phi) is 5.36. The number of likely N-dealkylation sites (tertiary alicyclic amines) is 1. The van der Waals surface area contributed by atoms with Crippen molar-refractivity contribution in [3.05, 3.63) is 41.3 Å². The van der Waals surface area contributed by atoms with Gasteiger partial charge in [-0.3, -0.25) is 9.78 Å². The van der Waals surface area contributed by atoms with E-state index >= 15 is 0 Å². The van der Waals surface area contributed by atoms with Gasteiger partial charge < -0.3 is 9.64 Å². The van der Waals surface area contributed by atoms with Gasteiger partial charge in [0, 0.05) is 31.9 Å². The summed E-state index contributed by atoms with van der Waals surface area (Å²) in [7, 11) is 3.54. The second-order valence-electron chi connectivity index (χ2n) is 6.55. The number of pyridine rings is 1. The SMILES string of the molecule is COc1c([C@H]2CCCN2C(=O)CCCc2ccccn2)c(C)nn1C. The standard InChI is InChI=1S/C19H26N4O2/c1-14-18(19(25-3)22(2)21-14)16-10-7-13-23(16)17(24)11-6-9-15-8-4-5-12-20-15/h4-5,8,12,16H,6-7,9-11,13H2,1-3H3/t16-/m1/s1. The fourth-order valence-corrected chi connectivity index (χ4v) is 3.75. The summed E-state index contributed by atoms with van der Waals surface area (Å²) in [5, 5.41) is 4.47. The van der Waals surface area contributed by atoms with Gasteiger partial charge in [0.25, 0.3) is 0 Å². The Hall–Kier alpha value is -2.37. The molecule has 0 N–H and O–H groups in total. The van der Waals surface area contributed by atoms with Crippen LogP contribution in [-0.2, 0) is 18.3 Å². The predicted octanol–water partition coefficient (Wildman–Crippen LogP) is 2.82. The number of amides is 1. The zero-order valence-corrected chi connectivity index (χ0v) is 15.2. The van der Waals surface area contributed by atoms with Gasteiger partial charge in [-0.2, -0.15) is 5.10 Å². The van der Waals surface area contributed by atoms with Crippen LogP contribution >= 0.6 is 0 Å². The van der Waals surface area contributed by atoms with Gasteiger partial charge in [-0.25, -0.2) is 4.68 Å². The summed E-state index contributed by atoms with van der Waals surface area (Å²) in [6.07, 6.45) is 5.99. The van der Waals surface area contributed by atoms with Gasteiger partial charge in [-0.15, -0.1) is 0 Å². The van der Waals surface area contributed by atoms with Gasteiger partial charge in [0.1, 0.15) is 0 Å². The Morgan fingerprint density at radius 3 is 2.96 bits per heavy atom. The molecule has 1 amide bonds. The van der Waals surface area contributed by atoms with Gasteiger partial charge in [0.15, 0.2) is 0 Å². The van der Waals surface area contributed by atoms with E-state index in [0.29, 0.717) is 6.42 Å². The minimum atomic E-state index is 0.0750. The zero-order valence-electron chi connectivity index (χ0n) is 15.2. The van der Waals surface area contributed by atoms with Crippen LogP contribution in [0, 0.1) is 6.92 Å². The van der Waals surface area contributed by atoms with Crippen molar-refractivity contribution in [3.63, 3.8) is 0 Å². The molecule has 1 saturated heterocycles. The van der Waals surface area contributed by atoms with E-state index in [1.165, 1.54) is 0 Å². The largest absolute Gasteiger partial charge is 0.481 e. The Balaban J connectivity index is 1.66. The van der Waals surface area contributed by atoms with E-state index in [4.69, 9.17) is 4.74 Å². The van der Waals surface area contributed by atoms with Crippen LogP contribution in [-0.4, -0.2) is 39.2 Å². The number of carbonyl (C=O) groups is 1. The lowest BCUT2D eigenvalue weighted by molar-refractivity contribution is -0.132. The van der Waals surface area contributed by atoms with E-state index in [2.05, 4.69) is 10.1 Å². The quantitative estimate of drug-likeness (QED) is 0.810. The van der Waals surface area contributed by atoms with Crippen molar-refractivity contribution in [3.8, 4) is 5.88 Å². The third-order valence-electron chi connectivity index (χ3n) is 4.86. The third-order valence-corrected chi connectivity index (χ3v) is 4.86. The van der Waals surface area contributed by atoms with Crippen LogP contribution in [0.3, 0.4) is 0 Å². The lowest BCUT2D eigenvalue weighted by atomic mass is 10.0. The number of hydrogen-bond acceptors (Lipinski definition) is 4. The fourth-order valence-electron chi connectivity index (χ4n) is 3.75. The number of methoxy groups -OCH3 is 1. The normalized spacial score (nSPS) is 17.1. The molecular formula is C19H26N4O2. The first kappa shape index (κ1) is 17.5. The highest BCUT2D eigenvalue weighted by Gasteiger charge is 2.34. The highest BCUT2D eigenvalue weighted by atomic mass is 16.5. The fraction of sp³-hybridized carbons (Fsp3) is 0.526. The molecule has 0 bridgehead atoms. The monoisotopic (exact) mass is 342 g/mol. The Bertz CT molecular complexity index is 727. The molecule has 3 rings (SSSR count). The van der Waals surface area contributed by atoms with Crippen molar-refractivity contribution in [1.29, 1.82) is 0 Å². The summed E-state index contributed by atoms with van der Waals surface area (Å²) in [4.78, 5) is 19.1. The van der Waals surface area contributed by atoms with Crippen molar-refractivity contribution in [1.82, 2.24) is 19.7 Å². The smallest absolute Gasteiger partial charge is 0.223 e. The second kappa shape index (κ2) is 7.68. The first-order valence-corrected chi connectivity index (χ1v) is 8.88. The molecule has 6 nitrogen and oxygen atoms in total. The average Bonchev–Trinajstić information content (AvgIpc) is 3.19. The Labute approximate surface area is 148 Å². The first-order valence-electron chi connectivity index (χ1n) is 8.88. The maximum atomic E-state index is 12.8. The van der Waals surface area contributed by atoms with Gasteiger partial charge in [-0.05, 0) is 44.7 Å². The molecule has 1 aliphatic heterocycles. The second-order valence-corrected chi connectivity index (χ2v) is 6.55. The van der Waals surface area contributed by atoms with E-state index in [-0.39, 0.29) is 11.9 Å². The van der Waals surface area contributed by atoms with Crippen LogP contribution in [0.4, 0.5) is 0 Å². The first-order chi connectivity index (χ1) is 12.1. The minimum absolute atomic E-state index is 0.0750. The summed E-state index contributed by atoms with van der Waals surface area (Å²) < 4.78 is 7.29. The molecule has 0 unspecified atom stereocenters. The summed E-state index contributed by atoms with van der Waals surface area (Å²) in [6.45, 7) is 2.80. The van der Waals surface area contributed by atoms with Crippen LogP contribution in [0.25, 0.3) is 0 Å². The molecule has 0 aromatic carbocycles. The van der Waals surface area contributed by atoms with Crippen LogP contribution in [0.5, 0.6) is 5.88 Å². The zero-order chi connectivity index (χ0) is 17.8. The average molecular weight is 342 g/mol. The highest BCUT2D eigenvalue weighted by Crippen LogP contribution is 2.39. The van der Waals surface area contributed by atoms with Gasteiger partial charge in [0.2, 0.25) is 11.8 Å².